The molecule has 0 saturated carbocycles. The van der Waals surface area contributed by atoms with Crippen LogP contribution in [0.2, 0.25) is 0 Å². The minimum absolute atomic E-state index is 0.113. The Kier molecular flexibility index (Phi) is 3.61. The Balaban J connectivity index is 1.54. The van der Waals surface area contributed by atoms with Gasteiger partial charge in [-0.15, -0.1) is 0 Å². The smallest absolute Gasteiger partial charge is 0.250 e. The second kappa shape index (κ2) is 5.77. The van der Waals surface area contributed by atoms with Crippen molar-refractivity contribution in [1.82, 2.24) is 14.5 Å². The molecule has 0 amide bonds. The van der Waals surface area contributed by atoms with Crippen molar-refractivity contribution in [2.24, 2.45) is 5.92 Å². The monoisotopic (exact) mass is 326 g/mol. The molecule has 6 heteroatoms. The van der Waals surface area contributed by atoms with Gasteiger partial charge in [-0.2, -0.15) is 0 Å². The molecule has 4 heterocycles. The van der Waals surface area contributed by atoms with E-state index in [1.54, 1.807) is 18.5 Å². The average Bonchev–Trinajstić information content (AvgIpc) is 2.57. The number of nitrogens with zero attached hydrogens (tertiary/aromatic N) is 3. The fourth-order valence-corrected chi connectivity index (χ4v) is 3.97. The molecule has 2 aromatic rings. The summed E-state index contributed by atoms with van der Waals surface area (Å²) in [5, 5.41) is 4.00. The predicted octanol–water partition coefficient (Wildman–Crippen LogP) is 2.06. The molecule has 2 aliphatic rings. The van der Waals surface area contributed by atoms with Crippen molar-refractivity contribution in [3.8, 4) is 0 Å². The van der Waals surface area contributed by atoms with Gasteiger partial charge >= 0.3 is 0 Å². The summed E-state index contributed by atoms with van der Waals surface area (Å²) in [7, 11) is 0. The number of pyridine rings is 2. The Morgan fingerprint density at radius 1 is 1.22 bits per heavy atom. The Bertz CT molecular complexity index is 789. The van der Waals surface area contributed by atoms with Crippen molar-refractivity contribution >= 4 is 23.0 Å². The van der Waals surface area contributed by atoms with Crippen LogP contribution in [-0.4, -0.2) is 32.7 Å². The van der Waals surface area contributed by atoms with Crippen LogP contribution in [0.15, 0.2) is 47.5 Å². The molecule has 0 radical (unpaired) electrons. The van der Waals surface area contributed by atoms with Gasteiger partial charge < -0.3 is 14.8 Å². The molecule has 2 atom stereocenters. The van der Waals surface area contributed by atoms with E-state index >= 15 is 0 Å². The maximum absolute atomic E-state index is 12.1. The third-order valence-electron chi connectivity index (χ3n) is 4.68. The van der Waals surface area contributed by atoms with Crippen molar-refractivity contribution in [2.75, 3.05) is 18.4 Å². The van der Waals surface area contributed by atoms with Gasteiger partial charge in [-0.1, -0.05) is 6.07 Å². The second-order valence-corrected chi connectivity index (χ2v) is 6.66. The lowest BCUT2D eigenvalue weighted by molar-refractivity contribution is 0.180. The Hall–Kier alpha value is -2.21. The molecular formula is C17H18N4OS. The third-order valence-corrected chi connectivity index (χ3v) is 5.04. The van der Waals surface area contributed by atoms with E-state index in [1.165, 1.54) is 0 Å². The summed E-state index contributed by atoms with van der Waals surface area (Å²) < 4.78 is 1.94. The van der Waals surface area contributed by atoms with E-state index in [1.807, 2.05) is 22.8 Å². The highest BCUT2D eigenvalue weighted by Gasteiger charge is 2.35. The van der Waals surface area contributed by atoms with Gasteiger partial charge in [-0.05, 0) is 42.8 Å². The molecule has 2 bridgehead atoms. The number of fused-ring (bicyclic) bond motifs is 4. The first-order chi connectivity index (χ1) is 11.2. The maximum Gasteiger partial charge on any atom is 0.250 e. The number of hydrogen-bond acceptors (Lipinski definition) is 3. The number of piperidine rings is 1. The zero-order chi connectivity index (χ0) is 15.8. The number of likely N-dealkylation sites (tertiary alicyclic amines) is 1. The normalized spacial score (nSPS) is 22.3. The molecule has 0 spiro atoms. The van der Waals surface area contributed by atoms with Crippen LogP contribution in [0.4, 0.5) is 5.69 Å². The Labute approximate surface area is 140 Å². The summed E-state index contributed by atoms with van der Waals surface area (Å²) in [5.41, 5.74) is 2.16. The van der Waals surface area contributed by atoms with Crippen LogP contribution >= 0.6 is 12.2 Å². The topological polar surface area (TPSA) is 50.2 Å². The van der Waals surface area contributed by atoms with Crippen molar-refractivity contribution in [2.45, 2.75) is 18.9 Å². The molecule has 1 saturated heterocycles. The van der Waals surface area contributed by atoms with Crippen LogP contribution in [-0.2, 0) is 6.54 Å². The molecule has 23 heavy (non-hydrogen) atoms. The van der Waals surface area contributed by atoms with Gasteiger partial charge in [0.25, 0.3) is 5.56 Å². The summed E-state index contributed by atoms with van der Waals surface area (Å²) in [4.78, 5) is 18.4. The fraction of sp³-hybridized carbons (Fsp3) is 0.353. The number of aromatic nitrogens is 2. The van der Waals surface area contributed by atoms with Crippen LogP contribution in [0.25, 0.3) is 0 Å². The lowest BCUT2D eigenvalue weighted by atomic mass is 9.83. The first-order valence-electron chi connectivity index (χ1n) is 7.86. The summed E-state index contributed by atoms with van der Waals surface area (Å²) in [6, 6.07) is 9.43. The Morgan fingerprint density at radius 3 is 2.96 bits per heavy atom. The molecule has 5 nitrogen and oxygen atoms in total. The molecule has 4 rings (SSSR count). The number of hydrogen-bond donors (Lipinski definition) is 1. The van der Waals surface area contributed by atoms with Gasteiger partial charge in [0.2, 0.25) is 0 Å². The molecular weight excluding hydrogens is 308 g/mol. The number of rotatable bonds is 1. The highest BCUT2D eigenvalue weighted by molar-refractivity contribution is 7.80. The fourth-order valence-electron chi connectivity index (χ4n) is 3.70. The minimum atomic E-state index is 0.113. The number of nitrogens with one attached hydrogen (secondary N) is 1. The minimum Gasteiger partial charge on any atom is -0.348 e. The highest BCUT2D eigenvalue weighted by Crippen LogP contribution is 2.35. The van der Waals surface area contributed by atoms with E-state index in [2.05, 4.69) is 21.3 Å². The molecule has 2 aliphatic heterocycles. The van der Waals surface area contributed by atoms with Crippen molar-refractivity contribution in [3.63, 3.8) is 0 Å². The highest BCUT2D eigenvalue weighted by atomic mass is 32.1. The molecule has 118 valence electrons. The van der Waals surface area contributed by atoms with E-state index in [0.29, 0.717) is 11.8 Å². The van der Waals surface area contributed by atoms with E-state index in [4.69, 9.17) is 12.2 Å². The third kappa shape index (κ3) is 2.74. The standard InChI is InChI=1S/C17H18N4OS/c22-16-5-1-4-15-13-7-12(10-21(15)16)9-20(11-13)17(23)19-14-3-2-6-18-8-14/h1-6,8,12-13H,7,9-11H2,(H,19,23)/t12-,13-/m0/s1. The van der Waals surface area contributed by atoms with Crippen LogP contribution in [0, 0.1) is 5.92 Å². The van der Waals surface area contributed by atoms with Crippen LogP contribution in [0.1, 0.15) is 18.0 Å². The quantitative estimate of drug-likeness (QED) is 0.813. The van der Waals surface area contributed by atoms with Gasteiger partial charge in [-0.25, -0.2) is 0 Å². The molecule has 1 fully saturated rings. The summed E-state index contributed by atoms with van der Waals surface area (Å²) in [6.45, 7) is 2.53. The van der Waals surface area contributed by atoms with Gasteiger partial charge in [0, 0.05) is 43.5 Å². The molecule has 1 N–H and O–H groups in total. The van der Waals surface area contributed by atoms with Gasteiger partial charge in [0.05, 0.1) is 11.9 Å². The molecule has 0 aliphatic carbocycles. The molecule has 0 unspecified atom stereocenters. The zero-order valence-electron chi connectivity index (χ0n) is 12.7. The second-order valence-electron chi connectivity index (χ2n) is 6.27. The van der Waals surface area contributed by atoms with E-state index in [0.717, 1.165) is 42.5 Å². The molecule has 2 aromatic heterocycles. The average molecular weight is 326 g/mol. The molecule has 0 aromatic carbocycles. The number of anilines is 1. The lowest BCUT2D eigenvalue weighted by Gasteiger charge is -2.43. The zero-order valence-corrected chi connectivity index (χ0v) is 13.5. The van der Waals surface area contributed by atoms with Gasteiger partial charge in [0.15, 0.2) is 5.11 Å². The SMILES string of the molecule is O=c1cccc2n1C[C@H]1C[C@H]2CN(C(=S)Nc2cccnc2)C1. The van der Waals surface area contributed by atoms with Crippen LogP contribution in [0.3, 0.4) is 0 Å². The lowest BCUT2D eigenvalue weighted by Crippen LogP contribution is -2.50. The number of thiocarbonyl (C=S) groups is 1. The summed E-state index contributed by atoms with van der Waals surface area (Å²) >= 11 is 5.58. The summed E-state index contributed by atoms with van der Waals surface area (Å²) in [5.74, 6) is 0.833. The Morgan fingerprint density at radius 2 is 2.13 bits per heavy atom. The van der Waals surface area contributed by atoms with E-state index < -0.39 is 0 Å². The van der Waals surface area contributed by atoms with E-state index in [-0.39, 0.29) is 5.56 Å². The van der Waals surface area contributed by atoms with Gasteiger partial charge in [-0.3, -0.25) is 9.78 Å². The first kappa shape index (κ1) is 14.4. The van der Waals surface area contributed by atoms with Crippen LogP contribution < -0.4 is 10.9 Å². The van der Waals surface area contributed by atoms with Crippen molar-refractivity contribution < 1.29 is 0 Å². The summed E-state index contributed by atoms with van der Waals surface area (Å²) in [6.07, 6.45) is 4.65. The van der Waals surface area contributed by atoms with Crippen LogP contribution in [0.5, 0.6) is 0 Å². The van der Waals surface area contributed by atoms with Gasteiger partial charge in [0.1, 0.15) is 0 Å². The predicted molar refractivity (Wildman–Crippen MR) is 93.6 cm³/mol. The van der Waals surface area contributed by atoms with Crippen molar-refractivity contribution in [1.29, 1.82) is 0 Å². The van der Waals surface area contributed by atoms with Crippen molar-refractivity contribution in [3.05, 3.63) is 58.8 Å². The van der Waals surface area contributed by atoms with E-state index in [9.17, 15) is 4.79 Å². The first-order valence-corrected chi connectivity index (χ1v) is 8.27. The largest absolute Gasteiger partial charge is 0.348 e. The maximum atomic E-state index is 12.1.